The van der Waals surface area contributed by atoms with Crippen molar-refractivity contribution in [2.45, 2.75) is 37.5 Å². The van der Waals surface area contributed by atoms with Crippen molar-refractivity contribution in [2.24, 2.45) is 5.92 Å². The van der Waals surface area contributed by atoms with Crippen LogP contribution in [0.2, 0.25) is 0 Å². The summed E-state index contributed by atoms with van der Waals surface area (Å²) in [5, 5.41) is 0. The van der Waals surface area contributed by atoms with Crippen molar-refractivity contribution in [1.82, 2.24) is 0 Å². The molecule has 0 N–H and O–H groups in total. The van der Waals surface area contributed by atoms with E-state index in [2.05, 4.69) is 0 Å². The Kier molecular flexibility index (Phi) is 3.87. The van der Waals surface area contributed by atoms with Gasteiger partial charge in [-0.25, -0.2) is 8.42 Å². The maximum atomic E-state index is 11.6. The molecule has 100 valence electrons. The molecule has 5 heteroatoms. The fourth-order valence-electron chi connectivity index (χ4n) is 1.69. The first-order chi connectivity index (χ1) is 8.38. The topological polar surface area (TPSA) is 43.4 Å². The van der Waals surface area contributed by atoms with Crippen LogP contribution in [0.15, 0.2) is 23.1 Å². The first-order valence-electron chi connectivity index (χ1n) is 6.09. The Bertz CT molecular complexity index is 533. The van der Waals surface area contributed by atoms with Gasteiger partial charge in [-0.05, 0) is 42.4 Å². The predicted octanol–water partition coefficient (Wildman–Crippen LogP) is 3.53. The number of ether oxygens (including phenoxy) is 1. The molecule has 0 bridgehead atoms. The first-order valence-corrected chi connectivity index (χ1v) is 8.40. The lowest BCUT2D eigenvalue weighted by Crippen LogP contribution is -2.04. The minimum absolute atomic E-state index is 0.0796. The third kappa shape index (κ3) is 3.39. The smallest absolute Gasteiger partial charge is 0.264 e. The molecule has 0 saturated heterocycles. The molecule has 0 spiro atoms. The molecule has 18 heavy (non-hydrogen) atoms. The van der Waals surface area contributed by atoms with Gasteiger partial charge in [0.1, 0.15) is 10.6 Å². The third-order valence-corrected chi connectivity index (χ3v) is 4.41. The molecule has 0 atom stereocenters. The molecule has 2 rings (SSSR count). The van der Waals surface area contributed by atoms with Gasteiger partial charge in [0.05, 0.1) is 6.61 Å². The third-order valence-electron chi connectivity index (χ3n) is 3.07. The van der Waals surface area contributed by atoms with Crippen molar-refractivity contribution in [3.63, 3.8) is 0 Å². The lowest BCUT2D eigenvalue weighted by molar-refractivity contribution is 0.292. The van der Waals surface area contributed by atoms with E-state index in [4.69, 9.17) is 15.4 Å². The maximum absolute atomic E-state index is 11.6. The van der Waals surface area contributed by atoms with Crippen LogP contribution in [-0.2, 0) is 9.05 Å². The van der Waals surface area contributed by atoms with Gasteiger partial charge in [0, 0.05) is 10.7 Å². The van der Waals surface area contributed by atoms with Gasteiger partial charge in [0.25, 0.3) is 9.05 Å². The van der Waals surface area contributed by atoms with Crippen molar-refractivity contribution < 1.29 is 13.2 Å². The van der Waals surface area contributed by atoms with Gasteiger partial charge >= 0.3 is 0 Å². The van der Waals surface area contributed by atoms with Crippen LogP contribution in [0.3, 0.4) is 0 Å². The Balaban J connectivity index is 2.31. The molecule has 0 aromatic heterocycles. The first kappa shape index (κ1) is 13.7. The highest BCUT2D eigenvalue weighted by Gasteiger charge is 2.24. The van der Waals surface area contributed by atoms with E-state index in [1.165, 1.54) is 0 Å². The number of rotatable bonds is 5. The van der Waals surface area contributed by atoms with Gasteiger partial charge in [-0.2, -0.15) is 0 Å². The van der Waals surface area contributed by atoms with E-state index in [0.717, 1.165) is 18.4 Å². The van der Waals surface area contributed by atoms with E-state index in [1.807, 2.05) is 19.9 Å². The average Bonchev–Trinajstić information content (AvgIpc) is 3.08. The summed E-state index contributed by atoms with van der Waals surface area (Å²) in [7, 11) is 1.69. The number of halogens is 1. The molecule has 1 fully saturated rings. The normalized spacial score (nSPS) is 16.0. The van der Waals surface area contributed by atoms with Crippen LogP contribution in [0.4, 0.5) is 0 Å². The summed E-state index contributed by atoms with van der Waals surface area (Å²) in [6, 6.07) is 5.20. The van der Waals surface area contributed by atoms with E-state index < -0.39 is 9.05 Å². The zero-order valence-corrected chi connectivity index (χ0v) is 12.1. The minimum Gasteiger partial charge on any atom is -0.492 e. The molecule has 1 saturated carbocycles. The quantitative estimate of drug-likeness (QED) is 0.779. The Labute approximate surface area is 113 Å². The Hall–Kier alpha value is -0.740. The summed E-state index contributed by atoms with van der Waals surface area (Å²) in [6.07, 6.45) is 2.32. The van der Waals surface area contributed by atoms with Crippen molar-refractivity contribution in [1.29, 1.82) is 0 Å². The van der Waals surface area contributed by atoms with E-state index in [1.54, 1.807) is 12.1 Å². The predicted molar refractivity (Wildman–Crippen MR) is 71.8 cm³/mol. The van der Waals surface area contributed by atoms with E-state index in [-0.39, 0.29) is 10.8 Å². The summed E-state index contributed by atoms with van der Waals surface area (Å²) in [5.41, 5.74) is 0.938. The molecule has 0 heterocycles. The number of hydrogen-bond donors (Lipinski definition) is 0. The van der Waals surface area contributed by atoms with Gasteiger partial charge < -0.3 is 4.74 Å². The molecule has 1 aromatic carbocycles. The van der Waals surface area contributed by atoms with Crippen molar-refractivity contribution in [2.75, 3.05) is 6.61 Å². The Morgan fingerprint density at radius 1 is 1.39 bits per heavy atom. The molecule has 3 nitrogen and oxygen atoms in total. The second kappa shape index (κ2) is 5.10. The highest BCUT2D eigenvalue weighted by Crippen LogP contribution is 2.34. The van der Waals surface area contributed by atoms with Gasteiger partial charge in [0.2, 0.25) is 0 Å². The van der Waals surface area contributed by atoms with Crippen LogP contribution in [-0.4, -0.2) is 15.0 Å². The van der Waals surface area contributed by atoms with Gasteiger partial charge in [-0.15, -0.1) is 0 Å². The summed E-state index contributed by atoms with van der Waals surface area (Å²) in [5.74, 6) is 1.18. The van der Waals surface area contributed by atoms with E-state index in [9.17, 15) is 8.42 Å². The number of hydrogen-bond acceptors (Lipinski definition) is 3. The van der Waals surface area contributed by atoms with Crippen LogP contribution in [0.1, 0.15) is 38.2 Å². The molecule has 0 radical (unpaired) electrons. The second-order valence-electron chi connectivity index (χ2n) is 5.05. The highest BCUT2D eigenvalue weighted by atomic mass is 35.7. The van der Waals surface area contributed by atoms with Crippen molar-refractivity contribution in [3.05, 3.63) is 23.8 Å². The molecule has 1 aromatic rings. The highest BCUT2D eigenvalue weighted by molar-refractivity contribution is 8.13. The molecule has 1 aliphatic carbocycles. The Morgan fingerprint density at radius 2 is 2.06 bits per heavy atom. The molecule has 1 aliphatic rings. The molecule has 0 amide bonds. The minimum atomic E-state index is -3.77. The molecular weight excluding hydrogens is 272 g/mol. The van der Waals surface area contributed by atoms with E-state index in [0.29, 0.717) is 18.3 Å². The van der Waals surface area contributed by atoms with E-state index >= 15 is 0 Å². The Morgan fingerprint density at radius 3 is 2.56 bits per heavy atom. The number of benzene rings is 1. The average molecular weight is 289 g/mol. The van der Waals surface area contributed by atoms with Crippen LogP contribution >= 0.6 is 10.7 Å². The second-order valence-corrected chi connectivity index (χ2v) is 7.59. The monoisotopic (exact) mass is 288 g/mol. The maximum Gasteiger partial charge on any atom is 0.264 e. The summed E-state index contributed by atoms with van der Waals surface area (Å²) >= 11 is 0. The zero-order valence-electron chi connectivity index (χ0n) is 10.5. The standard InChI is InChI=1S/C13H17ClO3S/c1-9(2)11-5-6-12(17-8-10-3-4-10)13(7-11)18(14,15)16/h5-7,9-10H,3-4,8H2,1-2H3. The van der Waals surface area contributed by atoms with Crippen LogP contribution in [0.5, 0.6) is 5.75 Å². The van der Waals surface area contributed by atoms with Crippen molar-refractivity contribution >= 4 is 19.7 Å². The lowest BCUT2D eigenvalue weighted by atomic mass is 10.0. The van der Waals surface area contributed by atoms with Gasteiger partial charge in [-0.3, -0.25) is 0 Å². The van der Waals surface area contributed by atoms with Crippen LogP contribution in [0.25, 0.3) is 0 Å². The molecule has 0 aliphatic heterocycles. The molecule has 0 unspecified atom stereocenters. The largest absolute Gasteiger partial charge is 0.492 e. The molecular formula is C13H17ClO3S. The fourth-order valence-corrected chi connectivity index (χ4v) is 2.69. The zero-order chi connectivity index (χ0) is 13.3. The summed E-state index contributed by atoms with van der Waals surface area (Å²) in [6.45, 7) is 4.58. The summed E-state index contributed by atoms with van der Waals surface area (Å²) < 4.78 is 28.7. The fraction of sp³-hybridized carbons (Fsp3) is 0.538. The van der Waals surface area contributed by atoms with Crippen LogP contribution in [0, 0.1) is 5.92 Å². The SMILES string of the molecule is CC(C)c1ccc(OCC2CC2)c(S(=O)(=O)Cl)c1. The lowest BCUT2D eigenvalue weighted by Gasteiger charge is -2.12. The van der Waals surface area contributed by atoms with Gasteiger partial charge in [-0.1, -0.05) is 19.9 Å². The van der Waals surface area contributed by atoms with Crippen LogP contribution < -0.4 is 4.74 Å². The van der Waals surface area contributed by atoms with Gasteiger partial charge in [0.15, 0.2) is 0 Å². The summed E-state index contributed by atoms with van der Waals surface area (Å²) in [4.78, 5) is 0.0796. The van der Waals surface area contributed by atoms with Crippen molar-refractivity contribution in [3.8, 4) is 5.75 Å².